The van der Waals surface area contributed by atoms with E-state index >= 15 is 0 Å². The summed E-state index contributed by atoms with van der Waals surface area (Å²) in [4.78, 5) is 25.1. The van der Waals surface area contributed by atoms with E-state index in [4.69, 9.17) is 24.6 Å². The molecular weight excluding hydrogens is 532 g/mol. The average molecular weight is 564 g/mol. The van der Waals surface area contributed by atoms with Crippen molar-refractivity contribution in [2.45, 2.75) is 31.6 Å². The Morgan fingerprint density at radius 1 is 0.897 bits per heavy atom. The first kappa shape index (κ1) is 29.1. The van der Waals surface area contributed by atoms with Crippen molar-refractivity contribution < 1.29 is 41.0 Å². The number of benzene rings is 1. The molecule has 0 aliphatic carbocycles. The summed E-state index contributed by atoms with van der Waals surface area (Å²) in [6.07, 6.45) is -6.94. The van der Waals surface area contributed by atoms with Crippen molar-refractivity contribution in [3.63, 3.8) is 0 Å². The van der Waals surface area contributed by atoms with Gasteiger partial charge in [-0.2, -0.15) is 26.3 Å². The molecule has 2 atom stereocenters. The Balaban J connectivity index is 0.000000448. The van der Waals surface area contributed by atoms with Gasteiger partial charge in [-0.1, -0.05) is 12.1 Å². The Morgan fingerprint density at radius 2 is 1.46 bits per heavy atom. The third-order valence-corrected chi connectivity index (χ3v) is 7.17. The number of nitrogens with zero attached hydrogens (tertiary/aromatic N) is 5. The van der Waals surface area contributed by atoms with E-state index in [9.17, 15) is 26.3 Å². The number of carboxylic acids is 1. The van der Waals surface area contributed by atoms with E-state index in [1.165, 1.54) is 0 Å². The highest BCUT2D eigenvalue weighted by molar-refractivity contribution is 5.81. The summed E-state index contributed by atoms with van der Waals surface area (Å²) >= 11 is 0. The van der Waals surface area contributed by atoms with Gasteiger partial charge in [-0.05, 0) is 37.3 Å². The van der Waals surface area contributed by atoms with Gasteiger partial charge in [0.05, 0.1) is 30.2 Å². The van der Waals surface area contributed by atoms with E-state index in [1.807, 2.05) is 24.3 Å². The van der Waals surface area contributed by atoms with Crippen molar-refractivity contribution >= 4 is 28.6 Å². The number of alkyl halides is 6. The number of hydrogen-bond acceptors (Lipinski definition) is 7. The van der Waals surface area contributed by atoms with E-state index in [2.05, 4.69) is 9.80 Å². The van der Waals surface area contributed by atoms with E-state index in [-0.39, 0.29) is 13.0 Å². The molecule has 14 heteroatoms. The van der Waals surface area contributed by atoms with Crippen LogP contribution in [0.2, 0.25) is 0 Å². The van der Waals surface area contributed by atoms with Gasteiger partial charge in [-0.15, -0.1) is 0 Å². The second kappa shape index (κ2) is 12.1. The predicted molar refractivity (Wildman–Crippen MR) is 132 cm³/mol. The number of aromatic nitrogens is 2. The Hall–Kier alpha value is -2.87. The number of carbonyl (C=O) groups is 1. The Labute approximate surface area is 221 Å². The summed E-state index contributed by atoms with van der Waals surface area (Å²) in [5, 5.41) is 7.12. The number of hydrogen-bond donors (Lipinski definition) is 1. The molecule has 0 unspecified atom stereocenters. The molecule has 5 rings (SSSR count). The summed E-state index contributed by atoms with van der Waals surface area (Å²) in [7, 11) is 0. The number of fused-ring (bicyclic) bond motifs is 1. The first-order chi connectivity index (χ1) is 18.4. The summed E-state index contributed by atoms with van der Waals surface area (Å²) in [6.45, 7) is 6.54. The largest absolute Gasteiger partial charge is 0.490 e. The van der Waals surface area contributed by atoms with Gasteiger partial charge in [0, 0.05) is 45.8 Å². The highest BCUT2D eigenvalue weighted by atomic mass is 19.4. The summed E-state index contributed by atoms with van der Waals surface area (Å²) in [5.41, 5.74) is 1.51. The second-order valence-electron chi connectivity index (χ2n) is 10.0. The van der Waals surface area contributed by atoms with E-state index in [1.54, 1.807) is 4.90 Å². The van der Waals surface area contributed by atoms with Gasteiger partial charge in [0.25, 0.3) is 0 Å². The number of aliphatic carboxylic acids is 1. The lowest BCUT2D eigenvalue weighted by atomic mass is 9.97. The third-order valence-electron chi connectivity index (χ3n) is 7.17. The second-order valence-corrected chi connectivity index (χ2v) is 10.0. The maximum absolute atomic E-state index is 13.3. The molecule has 39 heavy (non-hydrogen) atoms. The van der Waals surface area contributed by atoms with Crippen LogP contribution in [0.4, 0.5) is 38.0 Å². The normalized spacial score (nSPS) is 23.0. The Bertz CT molecular complexity index is 1130. The van der Waals surface area contributed by atoms with E-state index in [0.29, 0.717) is 18.3 Å². The molecule has 0 spiro atoms. The van der Waals surface area contributed by atoms with E-state index in [0.717, 1.165) is 75.6 Å². The fourth-order valence-electron chi connectivity index (χ4n) is 5.18. The smallest absolute Gasteiger partial charge is 0.475 e. The monoisotopic (exact) mass is 563 g/mol. The molecule has 1 aromatic carbocycles. The predicted octanol–water partition coefficient (Wildman–Crippen LogP) is 4.20. The van der Waals surface area contributed by atoms with Crippen LogP contribution in [0.1, 0.15) is 19.3 Å². The lowest BCUT2D eigenvalue weighted by Gasteiger charge is -2.38. The number of anilines is 2. The standard InChI is InChI=1S/C23H30F3N5O.C2HF3O2/c24-23(25,26)18-7-9-31(16-18)22-21(27-19-5-1-2-6-20(19)28-22)30-8-3-4-17(15-30)14-29-10-12-32-13-11-29;3-2(4,5)1(6)7/h1-2,5-6,17-18H,3-4,7-16H2;(H,6,7)/t17-,18-;/m0./s1. The fraction of sp³-hybridized carbons (Fsp3) is 0.640. The number of para-hydroxylation sites is 2. The van der Waals surface area contributed by atoms with Crippen LogP contribution in [-0.2, 0) is 9.53 Å². The molecule has 216 valence electrons. The molecule has 4 heterocycles. The molecule has 0 radical (unpaired) electrons. The minimum absolute atomic E-state index is 0.0471. The van der Waals surface area contributed by atoms with Crippen molar-refractivity contribution in [3.05, 3.63) is 24.3 Å². The van der Waals surface area contributed by atoms with Gasteiger partial charge in [-0.3, -0.25) is 4.90 Å². The molecule has 2 aromatic rings. The molecule has 0 bridgehead atoms. The SMILES string of the molecule is FC(F)(F)[C@H]1CCN(c2nc3ccccc3nc2N2CCC[C@@H](CN3CCOCC3)C2)C1.O=C(O)C(F)(F)F. The molecule has 0 saturated carbocycles. The van der Waals surface area contributed by atoms with Gasteiger partial charge in [0.1, 0.15) is 0 Å². The molecule has 3 saturated heterocycles. The van der Waals surface area contributed by atoms with Gasteiger partial charge >= 0.3 is 18.3 Å². The Kier molecular flexibility index (Phi) is 9.04. The molecule has 3 fully saturated rings. The number of ether oxygens (including phenoxy) is 1. The molecule has 1 aromatic heterocycles. The Morgan fingerprint density at radius 3 is 1.97 bits per heavy atom. The van der Waals surface area contributed by atoms with Gasteiger partial charge in [0.15, 0.2) is 11.6 Å². The maximum atomic E-state index is 13.3. The van der Waals surface area contributed by atoms with E-state index < -0.39 is 24.2 Å². The number of rotatable bonds is 4. The number of carboxylic acid groups (broad SMARTS) is 1. The van der Waals surface area contributed by atoms with Crippen molar-refractivity contribution in [3.8, 4) is 0 Å². The van der Waals surface area contributed by atoms with Crippen LogP contribution in [0.15, 0.2) is 24.3 Å². The fourth-order valence-corrected chi connectivity index (χ4v) is 5.18. The van der Waals surface area contributed by atoms with Crippen LogP contribution in [0.5, 0.6) is 0 Å². The highest BCUT2D eigenvalue weighted by Crippen LogP contribution is 2.38. The highest BCUT2D eigenvalue weighted by Gasteiger charge is 2.44. The molecule has 1 N–H and O–H groups in total. The molecule has 8 nitrogen and oxygen atoms in total. The number of halogens is 6. The van der Waals surface area contributed by atoms with Crippen LogP contribution in [0, 0.1) is 11.8 Å². The van der Waals surface area contributed by atoms with Crippen molar-refractivity contribution in [2.24, 2.45) is 11.8 Å². The maximum Gasteiger partial charge on any atom is 0.490 e. The zero-order valence-corrected chi connectivity index (χ0v) is 21.2. The van der Waals surface area contributed by atoms with Crippen LogP contribution in [0.3, 0.4) is 0 Å². The lowest BCUT2D eigenvalue weighted by Crippen LogP contribution is -2.45. The third kappa shape index (κ3) is 7.62. The first-order valence-corrected chi connectivity index (χ1v) is 12.9. The lowest BCUT2D eigenvalue weighted by molar-refractivity contribution is -0.192. The molecule has 3 aliphatic rings. The number of morpholine rings is 1. The van der Waals surface area contributed by atoms with Crippen molar-refractivity contribution in [1.82, 2.24) is 14.9 Å². The minimum Gasteiger partial charge on any atom is -0.475 e. The van der Waals surface area contributed by atoms with Crippen LogP contribution in [0.25, 0.3) is 11.0 Å². The van der Waals surface area contributed by atoms with Crippen LogP contribution < -0.4 is 9.80 Å². The zero-order chi connectivity index (χ0) is 28.2. The van der Waals surface area contributed by atoms with Gasteiger partial charge < -0.3 is 19.6 Å². The summed E-state index contributed by atoms with van der Waals surface area (Å²) < 4.78 is 77.2. The minimum atomic E-state index is -5.08. The van der Waals surface area contributed by atoms with Crippen LogP contribution >= 0.6 is 0 Å². The van der Waals surface area contributed by atoms with Crippen LogP contribution in [-0.4, -0.2) is 97.3 Å². The quantitative estimate of drug-likeness (QED) is 0.555. The number of piperidine rings is 1. The average Bonchev–Trinajstić information content (AvgIpc) is 3.40. The van der Waals surface area contributed by atoms with Gasteiger partial charge in [0.2, 0.25) is 0 Å². The first-order valence-electron chi connectivity index (χ1n) is 12.9. The molecular formula is C25H31F6N5O3. The summed E-state index contributed by atoms with van der Waals surface area (Å²) in [5.74, 6) is -2.23. The van der Waals surface area contributed by atoms with Crippen molar-refractivity contribution in [2.75, 3.05) is 68.8 Å². The molecule has 0 amide bonds. The van der Waals surface area contributed by atoms with Gasteiger partial charge in [-0.25, -0.2) is 14.8 Å². The molecule has 3 aliphatic heterocycles. The van der Waals surface area contributed by atoms with Crippen molar-refractivity contribution in [1.29, 1.82) is 0 Å². The zero-order valence-electron chi connectivity index (χ0n) is 21.2. The summed E-state index contributed by atoms with van der Waals surface area (Å²) in [6, 6.07) is 7.62. The topological polar surface area (TPSA) is 82.0 Å².